The lowest BCUT2D eigenvalue weighted by Crippen LogP contribution is -2.23. The van der Waals surface area contributed by atoms with Crippen LogP contribution in [0, 0.1) is 6.92 Å². The molecule has 1 heterocycles. The van der Waals surface area contributed by atoms with Gasteiger partial charge in [-0.15, -0.1) is 6.58 Å². The normalized spacial score (nSPS) is 12.1. The molecule has 25 heavy (non-hydrogen) atoms. The summed E-state index contributed by atoms with van der Waals surface area (Å²) in [5.74, 6) is -0.0344. The maximum absolute atomic E-state index is 12.5. The van der Waals surface area contributed by atoms with Gasteiger partial charge >= 0.3 is 0 Å². The first-order valence-electron chi connectivity index (χ1n) is 8.19. The largest absolute Gasteiger partial charge is 0.325 e. The van der Waals surface area contributed by atoms with Crippen LogP contribution in [0.2, 0.25) is 0 Å². The van der Waals surface area contributed by atoms with E-state index in [0.29, 0.717) is 6.54 Å². The number of allylic oxidation sites excluding steroid dienone is 1. The minimum absolute atomic E-state index is 0.0344. The zero-order chi connectivity index (χ0) is 17.8. The van der Waals surface area contributed by atoms with Gasteiger partial charge in [0, 0.05) is 12.2 Å². The van der Waals surface area contributed by atoms with E-state index in [1.54, 1.807) is 0 Å². The van der Waals surface area contributed by atoms with Crippen molar-refractivity contribution in [3.05, 3.63) is 66.7 Å². The van der Waals surface area contributed by atoms with E-state index in [0.717, 1.165) is 27.4 Å². The van der Waals surface area contributed by atoms with Crippen LogP contribution in [0.5, 0.6) is 0 Å². The number of para-hydroxylation sites is 2. The number of benzene rings is 2. The van der Waals surface area contributed by atoms with Crippen molar-refractivity contribution in [1.29, 1.82) is 0 Å². The summed E-state index contributed by atoms with van der Waals surface area (Å²) in [6.45, 7) is 8.39. The Morgan fingerprint density at radius 1 is 1.32 bits per heavy atom. The number of aromatic nitrogens is 2. The average Bonchev–Trinajstić information content (AvgIpc) is 2.93. The zero-order valence-electron chi connectivity index (χ0n) is 14.4. The zero-order valence-corrected chi connectivity index (χ0v) is 15.2. The Kier molecular flexibility index (Phi) is 5.24. The fraction of sp³-hybridized carbons (Fsp3) is 0.200. The van der Waals surface area contributed by atoms with E-state index in [2.05, 4.69) is 21.4 Å². The van der Waals surface area contributed by atoms with Crippen LogP contribution < -0.4 is 5.32 Å². The third-order valence-corrected chi connectivity index (χ3v) is 4.96. The van der Waals surface area contributed by atoms with Gasteiger partial charge in [-0.25, -0.2) is 4.98 Å². The molecule has 0 saturated heterocycles. The molecule has 0 radical (unpaired) electrons. The van der Waals surface area contributed by atoms with E-state index in [4.69, 9.17) is 0 Å². The molecule has 128 valence electrons. The smallest absolute Gasteiger partial charge is 0.237 e. The van der Waals surface area contributed by atoms with Gasteiger partial charge in [-0.05, 0) is 43.7 Å². The van der Waals surface area contributed by atoms with Gasteiger partial charge in [0.2, 0.25) is 5.91 Å². The Bertz CT molecular complexity index is 916. The molecule has 0 aliphatic carbocycles. The number of nitrogens with one attached hydrogen (secondary N) is 1. The highest BCUT2D eigenvalue weighted by molar-refractivity contribution is 8.00. The summed E-state index contributed by atoms with van der Waals surface area (Å²) in [6.07, 6.45) is 1.84. The van der Waals surface area contributed by atoms with E-state index >= 15 is 0 Å². The molecule has 4 nitrogen and oxygen atoms in total. The first-order valence-corrected chi connectivity index (χ1v) is 9.07. The molecule has 1 unspecified atom stereocenters. The number of hydrogen-bond donors (Lipinski definition) is 1. The third kappa shape index (κ3) is 3.94. The third-order valence-electron chi connectivity index (χ3n) is 3.87. The fourth-order valence-electron chi connectivity index (χ4n) is 2.63. The highest BCUT2D eigenvalue weighted by atomic mass is 32.2. The Morgan fingerprint density at radius 3 is 2.88 bits per heavy atom. The molecule has 0 aliphatic heterocycles. The van der Waals surface area contributed by atoms with Crippen molar-refractivity contribution in [3.63, 3.8) is 0 Å². The Morgan fingerprint density at radius 2 is 2.12 bits per heavy atom. The average molecular weight is 351 g/mol. The van der Waals surface area contributed by atoms with E-state index in [1.165, 1.54) is 11.8 Å². The quantitative estimate of drug-likeness (QED) is 0.519. The summed E-state index contributed by atoms with van der Waals surface area (Å²) in [7, 11) is 0. The van der Waals surface area contributed by atoms with Crippen LogP contribution >= 0.6 is 11.8 Å². The van der Waals surface area contributed by atoms with Crippen molar-refractivity contribution in [2.75, 3.05) is 5.32 Å². The molecule has 1 N–H and O–H groups in total. The van der Waals surface area contributed by atoms with E-state index < -0.39 is 0 Å². The Labute approximate surface area is 152 Å². The molecule has 0 aliphatic rings. The fourth-order valence-corrected chi connectivity index (χ4v) is 3.56. The van der Waals surface area contributed by atoms with Gasteiger partial charge in [0.1, 0.15) is 0 Å². The van der Waals surface area contributed by atoms with Crippen molar-refractivity contribution < 1.29 is 4.79 Å². The second-order valence-electron chi connectivity index (χ2n) is 5.90. The molecule has 5 heteroatoms. The summed E-state index contributed by atoms with van der Waals surface area (Å²) < 4.78 is 2.09. The van der Waals surface area contributed by atoms with Crippen LogP contribution in [-0.4, -0.2) is 20.7 Å². The highest BCUT2D eigenvalue weighted by Gasteiger charge is 2.19. The Balaban J connectivity index is 1.79. The maximum Gasteiger partial charge on any atom is 0.237 e. The number of amides is 1. The van der Waals surface area contributed by atoms with Gasteiger partial charge in [0.05, 0.1) is 16.3 Å². The molecule has 0 bridgehead atoms. The molecule has 1 atom stereocenters. The lowest BCUT2D eigenvalue weighted by Gasteiger charge is -2.13. The van der Waals surface area contributed by atoms with Gasteiger partial charge in [-0.1, -0.05) is 42.1 Å². The lowest BCUT2D eigenvalue weighted by molar-refractivity contribution is -0.115. The standard InChI is InChI=1S/C20H21N3OS/c1-4-12-23-18-11-6-5-10-17(18)22-20(23)25-15(3)19(24)21-16-9-7-8-14(2)13-16/h4-11,13,15H,1,12H2,2-3H3,(H,21,24). The van der Waals surface area contributed by atoms with Gasteiger partial charge in [0.25, 0.3) is 0 Å². The van der Waals surface area contributed by atoms with E-state index in [-0.39, 0.29) is 11.2 Å². The summed E-state index contributed by atoms with van der Waals surface area (Å²) in [5.41, 5.74) is 3.91. The second-order valence-corrected chi connectivity index (χ2v) is 7.21. The molecule has 3 aromatic rings. The first kappa shape index (κ1) is 17.3. The van der Waals surface area contributed by atoms with Crippen LogP contribution in [0.1, 0.15) is 12.5 Å². The van der Waals surface area contributed by atoms with Gasteiger partial charge in [-0.3, -0.25) is 4.79 Å². The first-order chi connectivity index (χ1) is 12.1. The maximum atomic E-state index is 12.5. The Hall–Kier alpha value is -2.53. The molecule has 0 saturated carbocycles. The van der Waals surface area contributed by atoms with Crippen LogP contribution in [0.4, 0.5) is 5.69 Å². The number of hydrogen-bond acceptors (Lipinski definition) is 3. The summed E-state index contributed by atoms with van der Waals surface area (Å²) in [5, 5.41) is 3.53. The molecule has 1 amide bonds. The van der Waals surface area contributed by atoms with Crippen LogP contribution in [-0.2, 0) is 11.3 Å². The molecule has 3 rings (SSSR count). The number of carbonyl (C=O) groups excluding carboxylic acids is 1. The second kappa shape index (κ2) is 7.57. The number of aryl methyl sites for hydroxylation is 1. The molecule has 1 aromatic heterocycles. The number of rotatable bonds is 6. The number of nitrogens with zero attached hydrogens (tertiary/aromatic N) is 2. The highest BCUT2D eigenvalue weighted by Crippen LogP contribution is 2.28. The van der Waals surface area contributed by atoms with Gasteiger partial charge in [-0.2, -0.15) is 0 Å². The van der Waals surface area contributed by atoms with Crippen LogP contribution in [0.15, 0.2) is 66.3 Å². The van der Waals surface area contributed by atoms with Crippen molar-refractivity contribution in [3.8, 4) is 0 Å². The summed E-state index contributed by atoms with van der Waals surface area (Å²) in [4.78, 5) is 17.2. The van der Waals surface area contributed by atoms with Crippen LogP contribution in [0.3, 0.4) is 0 Å². The van der Waals surface area contributed by atoms with Crippen molar-refractivity contribution in [2.45, 2.75) is 30.8 Å². The summed E-state index contributed by atoms with van der Waals surface area (Å²) in [6, 6.07) is 15.8. The van der Waals surface area contributed by atoms with E-state index in [1.807, 2.05) is 68.5 Å². The molecule has 0 fully saturated rings. The van der Waals surface area contributed by atoms with Crippen molar-refractivity contribution in [1.82, 2.24) is 9.55 Å². The number of imidazole rings is 1. The molecular weight excluding hydrogens is 330 g/mol. The minimum Gasteiger partial charge on any atom is -0.325 e. The van der Waals surface area contributed by atoms with Crippen molar-refractivity contribution in [2.24, 2.45) is 0 Å². The number of fused-ring (bicyclic) bond motifs is 1. The van der Waals surface area contributed by atoms with Crippen LogP contribution in [0.25, 0.3) is 11.0 Å². The predicted molar refractivity (Wildman–Crippen MR) is 105 cm³/mol. The van der Waals surface area contributed by atoms with E-state index in [9.17, 15) is 4.79 Å². The SMILES string of the molecule is C=CCn1c(SC(C)C(=O)Nc2cccc(C)c2)nc2ccccc21. The molecule has 0 spiro atoms. The van der Waals surface area contributed by atoms with Crippen molar-refractivity contribution >= 4 is 34.4 Å². The number of carbonyl (C=O) groups is 1. The number of thioether (sulfide) groups is 1. The lowest BCUT2D eigenvalue weighted by atomic mass is 10.2. The van der Waals surface area contributed by atoms with Gasteiger partial charge < -0.3 is 9.88 Å². The predicted octanol–water partition coefficient (Wildman–Crippen LogP) is 4.65. The van der Waals surface area contributed by atoms with Gasteiger partial charge in [0.15, 0.2) is 5.16 Å². The topological polar surface area (TPSA) is 46.9 Å². The number of anilines is 1. The monoisotopic (exact) mass is 351 g/mol. The summed E-state index contributed by atoms with van der Waals surface area (Å²) >= 11 is 1.46. The minimum atomic E-state index is -0.263. The molecular formula is C20H21N3OS. The molecule has 2 aromatic carbocycles.